The molecule has 0 spiro atoms. The number of carbonyl (C=O) groups is 1. The molecule has 1 N–H and O–H groups in total. The van der Waals surface area contributed by atoms with Crippen LogP contribution in [0.15, 0.2) is 29.2 Å². The molecule has 0 aliphatic carbocycles. The van der Waals surface area contributed by atoms with Crippen LogP contribution < -0.4 is 5.32 Å². The average molecular weight is 395 g/mol. The Morgan fingerprint density at radius 2 is 1.89 bits per heavy atom. The molecule has 0 radical (unpaired) electrons. The third-order valence-electron chi connectivity index (χ3n) is 5.52. The number of sulfone groups is 1. The van der Waals surface area contributed by atoms with Gasteiger partial charge in [-0.05, 0) is 55.8 Å². The number of rotatable bonds is 6. The van der Waals surface area contributed by atoms with E-state index in [2.05, 4.69) is 10.2 Å². The van der Waals surface area contributed by atoms with Crippen molar-refractivity contribution in [3.05, 3.63) is 29.8 Å². The van der Waals surface area contributed by atoms with Crippen molar-refractivity contribution in [1.29, 1.82) is 0 Å². The van der Waals surface area contributed by atoms with E-state index in [9.17, 15) is 13.2 Å². The van der Waals surface area contributed by atoms with Crippen molar-refractivity contribution in [1.82, 2.24) is 10.2 Å². The van der Waals surface area contributed by atoms with Crippen molar-refractivity contribution in [2.45, 2.75) is 37.1 Å². The average Bonchev–Trinajstić information content (AvgIpc) is 2.67. The summed E-state index contributed by atoms with van der Waals surface area (Å²) < 4.78 is 28.5. The number of ether oxygens (including phenoxy) is 1. The van der Waals surface area contributed by atoms with E-state index in [1.165, 1.54) is 6.26 Å². The minimum absolute atomic E-state index is 0.104. The Kier molecular flexibility index (Phi) is 6.89. The first-order valence-corrected chi connectivity index (χ1v) is 11.7. The molecule has 1 atom stereocenters. The Morgan fingerprint density at radius 3 is 2.56 bits per heavy atom. The highest BCUT2D eigenvalue weighted by Crippen LogP contribution is 2.20. The van der Waals surface area contributed by atoms with Crippen LogP contribution in [-0.4, -0.2) is 58.3 Å². The van der Waals surface area contributed by atoms with Gasteiger partial charge in [0.05, 0.1) is 4.90 Å². The molecule has 6 nitrogen and oxygen atoms in total. The van der Waals surface area contributed by atoms with Gasteiger partial charge in [-0.2, -0.15) is 0 Å². The van der Waals surface area contributed by atoms with Crippen molar-refractivity contribution in [3.63, 3.8) is 0 Å². The lowest BCUT2D eigenvalue weighted by molar-refractivity contribution is -0.128. The highest BCUT2D eigenvalue weighted by molar-refractivity contribution is 7.90. The van der Waals surface area contributed by atoms with Crippen molar-refractivity contribution >= 4 is 15.7 Å². The van der Waals surface area contributed by atoms with Crippen LogP contribution in [0.25, 0.3) is 0 Å². The Bertz CT molecular complexity index is 727. The summed E-state index contributed by atoms with van der Waals surface area (Å²) in [6.45, 7) is 4.93. The van der Waals surface area contributed by atoms with E-state index in [1.807, 2.05) is 12.1 Å². The molecule has 3 rings (SSSR count). The van der Waals surface area contributed by atoms with Gasteiger partial charge in [-0.1, -0.05) is 12.1 Å². The number of benzene rings is 1. The van der Waals surface area contributed by atoms with E-state index in [4.69, 9.17) is 4.74 Å². The fraction of sp³-hybridized carbons (Fsp3) is 0.650. The van der Waals surface area contributed by atoms with Crippen molar-refractivity contribution in [2.24, 2.45) is 11.8 Å². The van der Waals surface area contributed by atoms with Gasteiger partial charge in [-0.15, -0.1) is 0 Å². The standard InChI is InChI=1S/C20H30N2O4S/c1-27(24,25)19-6-4-16(5-7-19)14-22-10-2-3-17(15-22)13-21-20(23)18-8-11-26-12-9-18/h4-7,17-18H,2-3,8-15H2,1H3,(H,21,23). The second-order valence-corrected chi connectivity index (χ2v) is 9.81. The lowest BCUT2D eigenvalue weighted by Gasteiger charge is -2.33. The van der Waals surface area contributed by atoms with Crippen LogP contribution in [0.3, 0.4) is 0 Å². The minimum atomic E-state index is -3.15. The summed E-state index contributed by atoms with van der Waals surface area (Å²) in [6, 6.07) is 7.15. The molecular weight excluding hydrogens is 364 g/mol. The molecule has 2 aliphatic rings. The molecule has 1 amide bonds. The van der Waals surface area contributed by atoms with Gasteiger partial charge in [0.2, 0.25) is 5.91 Å². The topological polar surface area (TPSA) is 75.7 Å². The molecule has 2 aliphatic heterocycles. The second kappa shape index (κ2) is 9.17. The first-order valence-electron chi connectivity index (χ1n) is 9.78. The molecule has 2 heterocycles. The molecule has 1 unspecified atom stereocenters. The zero-order valence-electron chi connectivity index (χ0n) is 16.0. The van der Waals surface area contributed by atoms with Crippen LogP contribution in [0.1, 0.15) is 31.2 Å². The van der Waals surface area contributed by atoms with Gasteiger partial charge in [-0.25, -0.2) is 8.42 Å². The predicted octanol–water partition coefficient (Wildman–Crippen LogP) is 1.84. The largest absolute Gasteiger partial charge is 0.381 e. The normalized spacial score (nSPS) is 22.5. The van der Waals surface area contributed by atoms with Crippen molar-refractivity contribution < 1.29 is 17.9 Å². The summed E-state index contributed by atoms with van der Waals surface area (Å²) in [7, 11) is -3.15. The van der Waals surface area contributed by atoms with Crippen LogP contribution in [0.4, 0.5) is 0 Å². The van der Waals surface area contributed by atoms with Gasteiger partial charge in [0.1, 0.15) is 0 Å². The van der Waals surface area contributed by atoms with E-state index in [0.717, 1.165) is 57.4 Å². The SMILES string of the molecule is CS(=O)(=O)c1ccc(CN2CCCC(CNC(=O)C3CCOCC3)C2)cc1. The fourth-order valence-electron chi connectivity index (χ4n) is 3.91. The monoisotopic (exact) mass is 394 g/mol. The lowest BCUT2D eigenvalue weighted by Crippen LogP contribution is -2.42. The summed E-state index contributed by atoms with van der Waals surface area (Å²) in [4.78, 5) is 15.0. The second-order valence-electron chi connectivity index (χ2n) is 7.79. The molecule has 0 saturated carbocycles. The third-order valence-corrected chi connectivity index (χ3v) is 6.65. The molecule has 1 aromatic rings. The van der Waals surface area contributed by atoms with Crippen molar-refractivity contribution in [2.75, 3.05) is 39.1 Å². The van der Waals surface area contributed by atoms with Gasteiger partial charge < -0.3 is 10.1 Å². The smallest absolute Gasteiger partial charge is 0.223 e. The Morgan fingerprint density at radius 1 is 1.19 bits per heavy atom. The van der Waals surface area contributed by atoms with Crippen LogP contribution >= 0.6 is 0 Å². The predicted molar refractivity (Wildman–Crippen MR) is 104 cm³/mol. The maximum Gasteiger partial charge on any atom is 0.223 e. The Balaban J connectivity index is 1.47. The fourth-order valence-corrected chi connectivity index (χ4v) is 4.54. The number of nitrogens with zero attached hydrogens (tertiary/aromatic N) is 1. The molecule has 150 valence electrons. The maximum absolute atomic E-state index is 12.3. The van der Waals surface area contributed by atoms with E-state index >= 15 is 0 Å². The van der Waals surface area contributed by atoms with Gasteiger partial charge in [0.15, 0.2) is 9.84 Å². The summed E-state index contributed by atoms with van der Waals surface area (Å²) in [6.07, 6.45) is 5.14. The zero-order chi connectivity index (χ0) is 19.3. The molecule has 7 heteroatoms. The van der Waals surface area contributed by atoms with Gasteiger partial charge in [0.25, 0.3) is 0 Å². The quantitative estimate of drug-likeness (QED) is 0.797. The number of piperidine rings is 1. The van der Waals surface area contributed by atoms with Gasteiger partial charge in [-0.3, -0.25) is 9.69 Å². The molecule has 27 heavy (non-hydrogen) atoms. The van der Waals surface area contributed by atoms with Gasteiger partial charge in [0, 0.05) is 45.0 Å². The first kappa shape index (κ1) is 20.3. The molecule has 2 fully saturated rings. The Labute approximate surface area is 162 Å². The summed E-state index contributed by atoms with van der Waals surface area (Å²) in [5.41, 5.74) is 1.12. The highest BCUT2D eigenvalue weighted by atomic mass is 32.2. The van der Waals surface area contributed by atoms with E-state index in [1.54, 1.807) is 12.1 Å². The number of nitrogens with one attached hydrogen (secondary N) is 1. The van der Waals surface area contributed by atoms with Crippen LogP contribution in [0.5, 0.6) is 0 Å². The highest BCUT2D eigenvalue weighted by Gasteiger charge is 2.24. The first-order chi connectivity index (χ1) is 12.9. The van der Waals surface area contributed by atoms with Crippen LogP contribution in [0.2, 0.25) is 0 Å². The lowest BCUT2D eigenvalue weighted by atomic mass is 9.96. The number of amides is 1. The molecule has 1 aromatic carbocycles. The van der Waals surface area contributed by atoms with Crippen LogP contribution in [-0.2, 0) is 25.9 Å². The summed E-state index contributed by atoms with van der Waals surface area (Å²) in [5.74, 6) is 0.747. The zero-order valence-corrected chi connectivity index (χ0v) is 16.8. The number of likely N-dealkylation sites (tertiary alicyclic amines) is 1. The van der Waals surface area contributed by atoms with E-state index < -0.39 is 9.84 Å². The molecular formula is C20H30N2O4S. The summed E-state index contributed by atoms with van der Waals surface area (Å²) >= 11 is 0. The molecule has 2 saturated heterocycles. The van der Waals surface area contributed by atoms with Crippen molar-refractivity contribution in [3.8, 4) is 0 Å². The van der Waals surface area contributed by atoms with E-state index in [0.29, 0.717) is 24.0 Å². The number of hydrogen-bond donors (Lipinski definition) is 1. The minimum Gasteiger partial charge on any atom is -0.381 e. The maximum atomic E-state index is 12.3. The van der Waals surface area contributed by atoms with Gasteiger partial charge >= 0.3 is 0 Å². The number of carbonyl (C=O) groups excluding carboxylic acids is 1. The molecule has 0 aromatic heterocycles. The number of hydrogen-bond acceptors (Lipinski definition) is 5. The van der Waals surface area contributed by atoms with Crippen LogP contribution in [0, 0.1) is 11.8 Å². The van der Waals surface area contributed by atoms with E-state index in [-0.39, 0.29) is 11.8 Å². The molecule has 0 bridgehead atoms. The summed E-state index contributed by atoms with van der Waals surface area (Å²) in [5, 5.41) is 3.14. The Hall–Kier alpha value is -1.44. The third kappa shape index (κ3) is 6.02.